The van der Waals surface area contributed by atoms with E-state index in [1.165, 1.54) is 59.8 Å². The fraction of sp³-hybridized carbons (Fsp3) is 0. The van der Waals surface area contributed by atoms with Crippen molar-refractivity contribution in [1.29, 1.82) is 0 Å². The van der Waals surface area contributed by atoms with Crippen LogP contribution in [0.3, 0.4) is 0 Å². The fourth-order valence-corrected chi connectivity index (χ4v) is 6.74. The van der Waals surface area contributed by atoms with Crippen molar-refractivity contribution in [2.75, 3.05) is 0 Å². The van der Waals surface area contributed by atoms with Crippen LogP contribution in [0.2, 0.25) is 0 Å². The molecule has 0 aliphatic carbocycles. The summed E-state index contributed by atoms with van der Waals surface area (Å²) in [5.41, 5.74) is 7.13. The second kappa shape index (κ2) is 8.55. The van der Waals surface area contributed by atoms with Crippen LogP contribution in [0.5, 0.6) is 11.5 Å². The van der Waals surface area contributed by atoms with E-state index in [9.17, 15) is 0 Å². The molecule has 1 aliphatic heterocycles. The zero-order valence-corrected chi connectivity index (χ0v) is 22.3. The van der Waals surface area contributed by atoms with Crippen molar-refractivity contribution in [3.05, 3.63) is 146 Å². The highest BCUT2D eigenvalue weighted by molar-refractivity contribution is 6.20. The summed E-state index contributed by atoms with van der Waals surface area (Å²) in [7, 11) is 0. The van der Waals surface area contributed by atoms with Crippen LogP contribution in [-0.4, -0.2) is 0 Å². The van der Waals surface area contributed by atoms with Crippen molar-refractivity contribution in [3.8, 4) is 44.9 Å². The Hall–Kier alpha value is -5.40. The van der Waals surface area contributed by atoms with Crippen molar-refractivity contribution < 1.29 is 4.74 Å². The van der Waals surface area contributed by atoms with Gasteiger partial charge in [-0.05, 0) is 78.2 Å². The van der Waals surface area contributed by atoms with Gasteiger partial charge < -0.3 is 4.74 Å². The highest BCUT2D eigenvalue weighted by Gasteiger charge is 2.23. The first-order valence-electron chi connectivity index (χ1n) is 14.1. The van der Waals surface area contributed by atoms with Gasteiger partial charge in [-0.3, -0.25) is 0 Å². The molecular weight excluding hydrogens is 496 g/mol. The molecule has 8 aromatic carbocycles. The number of hydrogen-bond acceptors (Lipinski definition) is 1. The van der Waals surface area contributed by atoms with E-state index in [-0.39, 0.29) is 0 Å². The Morgan fingerprint density at radius 1 is 0.366 bits per heavy atom. The molecular formula is C40H24O. The first-order valence-corrected chi connectivity index (χ1v) is 14.1. The molecule has 0 bridgehead atoms. The minimum absolute atomic E-state index is 0.908. The Balaban J connectivity index is 1.25. The van der Waals surface area contributed by atoms with E-state index in [4.69, 9.17) is 4.74 Å². The van der Waals surface area contributed by atoms with Crippen LogP contribution in [0.25, 0.3) is 76.5 Å². The molecule has 1 nitrogen and oxygen atoms in total. The topological polar surface area (TPSA) is 9.23 Å². The van der Waals surface area contributed by atoms with E-state index in [1.54, 1.807) is 0 Å². The largest absolute Gasteiger partial charge is 0.455 e. The molecule has 0 saturated heterocycles. The summed E-state index contributed by atoms with van der Waals surface area (Å²) in [5.74, 6) is 1.85. The molecule has 1 heterocycles. The molecule has 8 aromatic rings. The minimum atomic E-state index is 0.908. The summed E-state index contributed by atoms with van der Waals surface area (Å²) in [5, 5.41) is 10.0. The molecule has 0 saturated carbocycles. The average molecular weight is 521 g/mol. The van der Waals surface area contributed by atoms with Crippen molar-refractivity contribution in [2.24, 2.45) is 0 Å². The van der Waals surface area contributed by atoms with E-state index in [0.29, 0.717) is 0 Å². The van der Waals surface area contributed by atoms with E-state index < -0.39 is 0 Å². The molecule has 0 atom stereocenters. The van der Waals surface area contributed by atoms with Crippen LogP contribution in [0.1, 0.15) is 0 Å². The number of fused-ring (bicyclic) bond motifs is 6. The first-order chi connectivity index (χ1) is 20.3. The molecule has 0 fully saturated rings. The Morgan fingerprint density at radius 2 is 1.05 bits per heavy atom. The molecule has 0 aromatic heterocycles. The molecule has 1 heteroatoms. The summed E-state index contributed by atoms with van der Waals surface area (Å²) in [6, 6.07) is 52.6. The molecule has 190 valence electrons. The third-order valence-electron chi connectivity index (χ3n) is 8.64. The van der Waals surface area contributed by atoms with E-state index in [2.05, 4.69) is 140 Å². The maximum Gasteiger partial charge on any atom is 0.143 e. The molecule has 41 heavy (non-hydrogen) atoms. The highest BCUT2D eigenvalue weighted by Crippen LogP contribution is 2.50. The zero-order chi connectivity index (χ0) is 26.9. The maximum atomic E-state index is 6.61. The lowest BCUT2D eigenvalue weighted by atomic mass is 9.88. The molecule has 0 radical (unpaired) electrons. The highest BCUT2D eigenvalue weighted by atomic mass is 16.5. The van der Waals surface area contributed by atoms with Gasteiger partial charge in [0.05, 0.1) is 0 Å². The van der Waals surface area contributed by atoms with Crippen molar-refractivity contribution >= 4 is 43.1 Å². The number of benzene rings is 8. The SMILES string of the molecule is c1ccc2c(c1)Oc1c(-c3ccc(-c4c5ccccc5cc5c4ccc4ccccc45)cc3)ccc3cccc-2c13. The van der Waals surface area contributed by atoms with Crippen molar-refractivity contribution in [3.63, 3.8) is 0 Å². The van der Waals surface area contributed by atoms with Crippen LogP contribution in [0.4, 0.5) is 0 Å². The second-order valence-electron chi connectivity index (χ2n) is 10.9. The average Bonchev–Trinajstić information content (AvgIpc) is 3.04. The van der Waals surface area contributed by atoms with Crippen LogP contribution >= 0.6 is 0 Å². The Labute approximate surface area is 237 Å². The van der Waals surface area contributed by atoms with Crippen LogP contribution in [0.15, 0.2) is 146 Å². The number of para-hydroxylation sites is 1. The van der Waals surface area contributed by atoms with Crippen LogP contribution < -0.4 is 4.74 Å². The van der Waals surface area contributed by atoms with Gasteiger partial charge in [-0.2, -0.15) is 0 Å². The van der Waals surface area contributed by atoms with Gasteiger partial charge >= 0.3 is 0 Å². The predicted molar refractivity (Wildman–Crippen MR) is 173 cm³/mol. The lowest BCUT2D eigenvalue weighted by molar-refractivity contribution is 0.489. The van der Waals surface area contributed by atoms with E-state index in [0.717, 1.165) is 28.2 Å². The van der Waals surface area contributed by atoms with Gasteiger partial charge in [-0.15, -0.1) is 0 Å². The van der Waals surface area contributed by atoms with Gasteiger partial charge in [-0.25, -0.2) is 0 Å². The summed E-state index contributed by atoms with van der Waals surface area (Å²) in [6.45, 7) is 0. The second-order valence-corrected chi connectivity index (χ2v) is 10.9. The Morgan fingerprint density at radius 3 is 1.95 bits per heavy atom. The maximum absolute atomic E-state index is 6.61. The zero-order valence-electron chi connectivity index (χ0n) is 22.3. The summed E-state index contributed by atoms with van der Waals surface area (Å²) < 4.78 is 6.61. The third-order valence-corrected chi connectivity index (χ3v) is 8.64. The van der Waals surface area contributed by atoms with Gasteiger partial charge in [0, 0.05) is 16.5 Å². The smallest absolute Gasteiger partial charge is 0.143 e. The molecule has 0 N–H and O–H groups in total. The molecule has 1 aliphatic rings. The number of ether oxygens (including phenoxy) is 1. The van der Waals surface area contributed by atoms with E-state index in [1.807, 2.05) is 6.07 Å². The molecule has 0 spiro atoms. The summed E-state index contributed by atoms with van der Waals surface area (Å²) in [6.07, 6.45) is 0. The van der Waals surface area contributed by atoms with E-state index >= 15 is 0 Å². The summed E-state index contributed by atoms with van der Waals surface area (Å²) >= 11 is 0. The normalized spacial score (nSPS) is 12.1. The Bertz CT molecular complexity index is 2330. The first kappa shape index (κ1) is 22.4. The van der Waals surface area contributed by atoms with Crippen LogP contribution in [-0.2, 0) is 0 Å². The Kier molecular flexibility index (Phi) is 4.67. The molecule has 0 unspecified atom stereocenters. The fourth-order valence-electron chi connectivity index (χ4n) is 6.74. The standard InChI is InChI=1S/C40H24O/c1-3-11-30-25(8-1)20-23-35-36(30)24-29-9-2-4-12-31(29)38(35)28-18-16-26(17-19-28)32-22-21-27-10-7-14-34-33-13-5-6-15-37(33)41-40(32)39(27)34/h1-24H. The molecule has 9 rings (SSSR count). The van der Waals surface area contributed by atoms with Gasteiger partial charge in [0.2, 0.25) is 0 Å². The number of rotatable bonds is 2. The lowest BCUT2D eigenvalue weighted by Gasteiger charge is -2.23. The van der Waals surface area contributed by atoms with Gasteiger partial charge in [0.25, 0.3) is 0 Å². The molecule has 0 amide bonds. The lowest BCUT2D eigenvalue weighted by Crippen LogP contribution is -1.98. The monoisotopic (exact) mass is 520 g/mol. The van der Waals surface area contributed by atoms with Gasteiger partial charge in [-0.1, -0.05) is 127 Å². The van der Waals surface area contributed by atoms with Crippen LogP contribution in [0, 0.1) is 0 Å². The van der Waals surface area contributed by atoms with Gasteiger partial charge in [0.15, 0.2) is 0 Å². The van der Waals surface area contributed by atoms with Gasteiger partial charge in [0.1, 0.15) is 11.5 Å². The van der Waals surface area contributed by atoms with Crippen molar-refractivity contribution in [2.45, 2.75) is 0 Å². The predicted octanol–water partition coefficient (Wildman–Crippen LogP) is 11.4. The summed E-state index contributed by atoms with van der Waals surface area (Å²) in [4.78, 5) is 0. The third kappa shape index (κ3) is 3.30. The number of hydrogen-bond donors (Lipinski definition) is 0. The quantitative estimate of drug-likeness (QED) is 0.163. The minimum Gasteiger partial charge on any atom is -0.455 e. The van der Waals surface area contributed by atoms with Crippen molar-refractivity contribution in [1.82, 2.24) is 0 Å².